The number of hydrogen-bond acceptors (Lipinski definition) is 1. The Morgan fingerprint density at radius 3 is 2.36 bits per heavy atom. The van der Waals surface area contributed by atoms with Gasteiger partial charge in [-0.3, -0.25) is 0 Å². The van der Waals surface area contributed by atoms with Gasteiger partial charge in [-0.25, -0.2) is 0 Å². The van der Waals surface area contributed by atoms with Crippen LogP contribution in [0.4, 0.5) is 0 Å². The van der Waals surface area contributed by atoms with Crippen molar-refractivity contribution >= 4 is 11.8 Å². The molecule has 66 valence electrons. The molecule has 1 atom stereocenters. The Kier molecular flexibility index (Phi) is 4.91. The van der Waals surface area contributed by atoms with Gasteiger partial charge in [0, 0.05) is 5.25 Å². The molecule has 0 fully saturated rings. The van der Waals surface area contributed by atoms with E-state index in [0.717, 1.165) is 11.7 Å². The van der Waals surface area contributed by atoms with E-state index in [9.17, 15) is 0 Å². The first-order valence-electron chi connectivity index (χ1n) is 4.18. The normalized spacial score (nSPS) is 14.5. The fraction of sp³-hybridized carbons (Fsp3) is 0.800. The molecule has 0 amide bonds. The molecule has 0 heterocycles. The number of thioether (sulfide) groups is 1. The van der Waals surface area contributed by atoms with E-state index in [0.29, 0.717) is 5.41 Å². The van der Waals surface area contributed by atoms with Crippen LogP contribution >= 0.6 is 11.8 Å². The molecule has 0 N–H and O–H groups in total. The fourth-order valence-electron chi connectivity index (χ4n) is 0.695. The van der Waals surface area contributed by atoms with Crippen molar-refractivity contribution in [3.8, 4) is 0 Å². The van der Waals surface area contributed by atoms with E-state index >= 15 is 0 Å². The average Bonchev–Trinajstić information content (AvgIpc) is 1.83. The molecule has 0 spiro atoms. The summed E-state index contributed by atoms with van der Waals surface area (Å²) in [6.07, 6.45) is 3.13. The van der Waals surface area contributed by atoms with E-state index in [4.69, 9.17) is 0 Å². The van der Waals surface area contributed by atoms with Crippen molar-refractivity contribution < 1.29 is 0 Å². The van der Waals surface area contributed by atoms with E-state index in [2.05, 4.69) is 34.3 Å². The first-order valence-corrected chi connectivity index (χ1v) is 5.23. The minimum Gasteiger partial charge on any atom is -0.158 e. The van der Waals surface area contributed by atoms with Gasteiger partial charge in [0.1, 0.15) is 0 Å². The second-order valence-electron chi connectivity index (χ2n) is 4.21. The molecule has 0 bridgehead atoms. The summed E-state index contributed by atoms with van der Waals surface area (Å²) < 4.78 is 0. The van der Waals surface area contributed by atoms with Gasteiger partial charge in [-0.15, -0.1) is 6.58 Å². The van der Waals surface area contributed by atoms with Gasteiger partial charge in [-0.1, -0.05) is 33.8 Å². The summed E-state index contributed by atoms with van der Waals surface area (Å²) in [5, 5.41) is 0.728. The van der Waals surface area contributed by atoms with Gasteiger partial charge < -0.3 is 0 Å². The monoisotopic (exact) mass is 172 g/mol. The third-order valence-corrected chi connectivity index (χ3v) is 3.09. The number of allylic oxidation sites excluding steroid dienone is 1. The zero-order chi connectivity index (χ0) is 8.91. The maximum absolute atomic E-state index is 3.73. The Morgan fingerprint density at radius 1 is 1.45 bits per heavy atom. The zero-order valence-corrected chi connectivity index (χ0v) is 9.00. The highest BCUT2D eigenvalue weighted by molar-refractivity contribution is 7.99. The molecule has 1 unspecified atom stereocenters. The molecule has 0 aliphatic rings. The molecule has 0 saturated carbocycles. The van der Waals surface area contributed by atoms with Gasteiger partial charge in [0.05, 0.1) is 0 Å². The lowest BCUT2D eigenvalue weighted by atomic mass is 10.0. The number of hydrogen-bond donors (Lipinski definition) is 0. The third-order valence-electron chi connectivity index (χ3n) is 1.30. The van der Waals surface area contributed by atoms with Crippen molar-refractivity contribution in [2.75, 3.05) is 5.75 Å². The van der Waals surface area contributed by atoms with Crippen LogP contribution in [-0.2, 0) is 0 Å². The Labute approximate surface area is 75.5 Å². The Bertz CT molecular complexity index is 111. The second kappa shape index (κ2) is 4.87. The molecule has 0 rings (SSSR count). The molecular formula is C10H20S. The summed E-state index contributed by atoms with van der Waals surface area (Å²) >= 11 is 2.04. The molecular weight excluding hydrogens is 152 g/mol. The maximum Gasteiger partial charge on any atom is 0.00533 e. The number of rotatable bonds is 4. The van der Waals surface area contributed by atoms with E-state index in [1.165, 1.54) is 5.75 Å². The largest absolute Gasteiger partial charge is 0.158 e. The minimum absolute atomic E-state index is 0.458. The van der Waals surface area contributed by atoms with Crippen LogP contribution in [0.2, 0.25) is 0 Å². The third kappa shape index (κ3) is 7.99. The topological polar surface area (TPSA) is 0 Å². The predicted molar refractivity (Wildman–Crippen MR) is 56.2 cm³/mol. The second-order valence-corrected chi connectivity index (χ2v) is 5.63. The highest BCUT2D eigenvalue weighted by Gasteiger charge is 2.11. The van der Waals surface area contributed by atoms with Crippen molar-refractivity contribution in [1.29, 1.82) is 0 Å². The highest BCUT2D eigenvalue weighted by atomic mass is 32.2. The van der Waals surface area contributed by atoms with Gasteiger partial charge in [0.2, 0.25) is 0 Å². The van der Waals surface area contributed by atoms with Crippen LogP contribution in [-0.4, -0.2) is 11.0 Å². The lowest BCUT2D eigenvalue weighted by Crippen LogP contribution is -2.11. The van der Waals surface area contributed by atoms with Gasteiger partial charge in [-0.05, 0) is 17.6 Å². The zero-order valence-electron chi connectivity index (χ0n) is 8.18. The Hall–Kier alpha value is 0.0900. The van der Waals surface area contributed by atoms with Crippen molar-refractivity contribution in [2.24, 2.45) is 5.41 Å². The summed E-state index contributed by atoms with van der Waals surface area (Å²) in [7, 11) is 0. The van der Waals surface area contributed by atoms with Crippen LogP contribution in [0.1, 0.15) is 34.1 Å². The van der Waals surface area contributed by atoms with Crippen molar-refractivity contribution in [3.63, 3.8) is 0 Å². The molecule has 0 aromatic carbocycles. The SMILES string of the molecule is C=CCC(C)SCC(C)(C)C. The molecule has 0 aliphatic heterocycles. The smallest absolute Gasteiger partial charge is 0.00533 e. The molecule has 0 aromatic heterocycles. The molecule has 0 radical (unpaired) electrons. The van der Waals surface area contributed by atoms with E-state index < -0.39 is 0 Å². The predicted octanol–water partition coefficient (Wildman–Crippen LogP) is 3.73. The summed E-state index contributed by atoms with van der Waals surface area (Å²) in [6.45, 7) is 12.8. The maximum atomic E-state index is 3.73. The van der Waals surface area contributed by atoms with Crippen molar-refractivity contribution in [1.82, 2.24) is 0 Å². The van der Waals surface area contributed by atoms with Crippen molar-refractivity contribution in [3.05, 3.63) is 12.7 Å². The first-order chi connectivity index (χ1) is 4.95. The van der Waals surface area contributed by atoms with Crippen LogP contribution in [0.15, 0.2) is 12.7 Å². The van der Waals surface area contributed by atoms with Gasteiger partial charge >= 0.3 is 0 Å². The van der Waals surface area contributed by atoms with Gasteiger partial charge in [-0.2, -0.15) is 11.8 Å². The van der Waals surface area contributed by atoms with E-state index in [-0.39, 0.29) is 0 Å². The van der Waals surface area contributed by atoms with Crippen LogP contribution < -0.4 is 0 Å². The van der Waals surface area contributed by atoms with E-state index in [1.54, 1.807) is 0 Å². The molecule has 0 saturated heterocycles. The van der Waals surface area contributed by atoms with E-state index in [1.807, 2.05) is 17.8 Å². The van der Waals surface area contributed by atoms with Crippen molar-refractivity contribution in [2.45, 2.75) is 39.4 Å². The van der Waals surface area contributed by atoms with Gasteiger partial charge in [0.25, 0.3) is 0 Å². The summed E-state index contributed by atoms with van der Waals surface area (Å²) in [5.41, 5.74) is 0.458. The van der Waals surface area contributed by atoms with Gasteiger partial charge in [0.15, 0.2) is 0 Å². The quantitative estimate of drug-likeness (QED) is 0.582. The summed E-state index contributed by atoms with van der Waals surface area (Å²) in [5.74, 6) is 1.24. The molecule has 0 aliphatic carbocycles. The summed E-state index contributed by atoms with van der Waals surface area (Å²) in [6, 6.07) is 0. The minimum atomic E-state index is 0.458. The van der Waals surface area contributed by atoms with Crippen LogP contribution in [0.25, 0.3) is 0 Å². The standard InChI is InChI=1S/C10H20S/c1-6-7-9(2)11-8-10(3,4)5/h6,9H,1,7-8H2,2-5H3. The molecule has 0 aromatic rings. The molecule has 0 nitrogen and oxygen atoms in total. The van der Waals surface area contributed by atoms with Crippen LogP contribution in [0, 0.1) is 5.41 Å². The lowest BCUT2D eigenvalue weighted by molar-refractivity contribution is 0.480. The lowest BCUT2D eigenvalue weighted by Gasteiger charge is -2.19. The first kappa shape index (κ1) is 11.1. The molecule has 1 heteroatoms. The fourth-order valence-corrected chi connectivity index (χ4v) is 1.75. The average molecular weight is 172 g/mol. The molecule has 11 heavy (non-hydrogen) atoms. The Balaban J connectivity index is 3.45. The van der Waals surface area contributed by atoms with Crippen LogP contribution in [0.3, 0.4) is 0 Å². The summed E-state index contributed by atoms with van der Waals surface area (Å²) in [4.78, 5) is 0. The van der Waals surface area contributed by atoms with Crippen LogP contribution in [0.5, 0.6) is 0 Å². The Morgan fingerprint density at radius 2 is 2.00 bits per heavy atom. The highest BCUT2D eigenvalue weighted by Crippen LogP contribution is 2.24.